The Morgan fingerprint density at radius 3 is 2.56 bits per heavy atom. The molecule has 0 saturated heterocycles. The zero-order valence-electron chi connectivity index (χ0n) is 10.1. The number of rotatable bonds is 4. The Morgan fingerprint density at radius 1 is 1.28 bits per heavy atom. The molecule has 0 aliphatic rings. The summed E-state index contributed by atoms with van der Waals surface area (Å²) in [5.74, 6) is 0. The molecule has 6 heteroatoms. The second-order valence-electron chi connectivity index (χ2n) is 3.48. The van der Waals surface area contributed by atoms with E-state index >= 15 is 0 Å². The fourth-order valence-electron chi connectivity index (χ4n) is 1.38. The molecular weight excluding hydrogens is 316 g/mol. The number of thiazole rings is 1. The lowest BCUT2D eigenvalue weighted by Gasteiger charge is -2.11. The molecule has 0 saturated carbocycles. The summed E-state index contributed by atoms with van der Waals surface area (Å²) < 4.78 is 10.7. The molecule has 1 aromatic heterocycles. The highest BCUT2D eigenvalue weighted by Crippen LogP contribution is 2.37. The molecule has 2 rings (SSSR count). The lowest BCUT2D eigenvalue weighted by Crippen LogP contribution is -2.13. The van der Waals surface area contributed by atoms with E-state index in [1.165, 1.54) is 11.3 Å². The van der Waals surface area contributed by atoms with Gasteiger partial charge in [0.1, 0.15) is 5.69 Å². The fraction of sp³-hybridized carbons (Fsp3) is 0.250. The number of nitrogen functional groups attached to an aromatic ring is 1. The number of halogens is 1. The maximum Gasteiger partial charge on any atom is 0.207 e. The van der Waals surface area contributed by atoms with E-state index in [1.54, 1.807) is 7.11 Å². The van der Waals surface area contributed by atoms with Gasteiger partial charge < -0.3 is 15.2 Å². The SMILES string of the molecule is Br.COC(C)Oc1sc(N)nc1-c1ccccc1. The first-order valence-corrected chi connectivity index (χ1v) is 6.03. The van der Waals surface area contributed by atoms with E-state index in [0.29, 0.717) is 10.2 Å². The number of hydrogen-bond acceptors (Lipinski definition) is 5. The Bertz CT molecular complexity index is 490. The van der Waals surface area contributed by atoms with Crippen LogP contribution in [0.3, 0.4) is 0 Å². The van der Waals surface area contributed by atoms with Gasteiger partial charge in [0.2, 0.25) is 5.06 Å². The van der Waals surface area contributed by atoms with Crippen LogP contribution in [-0.4, -0.2) is 18.4 Å². The average molecular weight is 331 g/mol. The normalized spacial score (nSPS) is 11.7. The Labute approximate surface area is 121 Å². The van der Waals surface area contributed by atoms with Crippen molar-refractivity contribution in [2.24, 2.45) is 0 Å². The van der Waals surface area contributed by atoms with Crippen LogP contribution in [0.25, 0.3) is 11.3 Å². The summed E-state index contributed by atoms with van der Waals surface area (Å²) in [7, 11) is 1.59. The maximum absolute atomic E-state index is 5.72. The molecular formula is C12H15BrN2O2S. The van der Waals surface area contributed by atoms with Gasteiger partial charge in [-0.05, 0) is 6.92 Å². The van der Waals surface area contributed by atoms with Gasteiger partial charge in [0.15, 0.2) is 11.4 Å². The Hall–Kier alpha value is -1.11. The summed E-state index contributed by atoms with van der Waals surface area (Å²) in [6, 6.07) is 9.80. The maximum atomic E-state index is 5.72. The van der Waals surface area contributed by atoms with Crippen molar-refractivity contribution in [2.45, 2.75) is 13.2 Å². The average Bonchev–Trinajstić information content (AvgIpc) is 2.71. The third-order valence-electron chi connectivity index (χ3n) is 2.26. The number of hydrogen-bond donors (Lipinski definition) is 1. The third-order valence-corrected chi connectivity index (χ3v) is 3.04. The highest BCUT2D eigenvalue weighted by atomic mass is 79.9. The van der Waals surface area contributed by atoms with Crippen molar-refractivity contribution >= 4 is 33.4 Å². The highest BCUT2D eigenvalue weighted by molar-refractivity contribution is 8.93. The zero-order valence-corrected chi connectivity index (χ0v) is 12.7. The molecule has 1 atom stereocenters. The first-order valence-electron chi connectivity index (χ1n) is 5.22. The van der Waals surface area contributed by atoms with Gasteiger partial charge in [-0.25, -0.2) is 4.98 Å². The number of aromatic nitrogens is 1. The molecule has 0 bridgehead atoms. The van der Waals surface area contributed by atoms with Crippen molar-refractivity contribution in [2.75, 3.05) is 12.8 Å². The Morgan fingerprint density at radius 2 is 1.94 bits per heavy atom. The molecule has 98 valence electrons. The highest BCUT2D eigenvalue weighted by Gasteiger charge is 2.15. The quantitative estimate of drug-likeness (QED) is 0.873. The van der Waals surface area contributed by atoms with Gasteiger partial charge in [-0.1, -0.05) is 41.7 Å². The van der Waals surface area contributed by atoms with E-state index in [4.69, 9.17) is 15.2 Å². The summed E-state index contributed by atoms with van der Waals surface area (Å²) in [4.78, 5) is 4.28. The second-order valence-corrected chi connectivity index (χ2v) is 4.47. The minimum atomic E-state index is -0.322. The first-order chi connectivity index (χ1) is 8.20. The number of benzene rings is 1. The molecule has 1 heterocycles. The lowest BCUT2D eigenvalue weighted by atomic mass is 10.2. The summed E-state index contributed by atoms with van der Waals surface area (Å²) in [6.07, 6.45) is -0.322. The zero-order chi connectivity index (χ0) is 12.3. The van der Waals surface area contributed by atoms with E-state index in [0.717, 1.165) is 11.3 Å². The van der Waals surface area contributed by atoms with E-state index < -0.39 is 0 Å². The summed E-state index contributed by atoms with van der Waals surface area (Å²) >= 11 is 1.32. The molecule has 1 aromatic carbocycles. The molecule has 0 fully saturated rings. The Balaban J connectivity index is 0.00000162. The monoisotopic (exact) mass is 330 g/mol. The van der Waals surface area contributed by atoms with E-state index in [9.17, 15) is 0 Å². The molecule has 2 aromatic rings. The van der Waals surface area contributed by atoms with Gasteiger partial charge in [-0.15, -0.1) is 17.0 Å². The third kappa shape index (κ3) is 3.44. The summed E-state index contributed by atoms with van der Waals surface area (Å²) in [5, 5.41) is 1.17. The van der Waals surface area contributed by atoms with Gasteiger partial charge in [0.05, 0.1) is 0 Å². The van der Waals surface area contributed by atoms with Crippen molar-refractivity contribution in [3.8, 4) is 16.3 Å². The van der Waals surface area contributed by atoms with Gasteiger partial charge in [-0.3, -0.25) is 0 Å². The number of nitrogens with zero attached hydrogens (tertiary/aromatic N) is 1. The van der Waals surface area contributed by atoms with Crippen molar-refractivity contribution in [3.63, 3.8) is 0 Å². The molecule has 1 unspecified atom stereocenters. The van der Waals surface area contributed by atoms with Crippen LogP contribution in [0.5, 0.6) is 5.06 Å². The molecule has 0 radical (unpaired) electrons. The van der Waals surface area contributed by atoms with Crippen LogP contribution in [0.2, 0.25) is 0 Å². The molecule has 0 aliphatic heterocycles. The van der Waals surface area contributed by atoms with Crippen molar-refractivity contribution < 1.29 is 9.47 Å². The lowest BCUT2D eigenvalue weighted by molar-refractivity contribution is -0.0356. The summed E-state index contributed by atoms with van der Waals surface area (Å²) in [5.41, 5.74) is 7.47. The van der Waals surface area contributed by atoms with E-state index in [2.05, 4.69) is 4.98 Å². The van der Waals surface area contributed by atoms with Crippen LogP contribution in [0, 0.1) is 0 Å². The van der Waals surface area contributed by atoms with E-state index in [1.807, 2.05) is 37.3 Å². The molecule has 2 N–H and O–H groups in total. The first kappa shape index (κ1) is 14.9. The van der Waals surface area contributed by atoms with Crippen LogP contribution in [0.15, 0.2) is 30.3 Å². The molecule has 0 amide bonds. The van der Waals surface area contributed by atoms with Crippen LogP contribution in [0.4, 0.5) is 5.13 Å². The Kier molecular flexibility index (Phi) is 5.58. The van der Waals surface area contributed by atoms with Gasteiger partial charge in [0.25, 0.3) is 0 Å². The molecule has 4 nitrogen and oxygen atoms in total. The molecule has 0 spiro atoms. The molecule has 0 aliphatic carbocycles. The fourth-order valence-corrected chi connectivity index (χ4v) is 2.15. The number of methoxy groups -OCH3 is 1. The minimum Gasteiger partial charge on any atom is -0.453 e. The topological polar surface area (TPSA) is 57.4 Å². The molecule has 18 heavy (non-hydrogen) atoms. The van der Waals surface area contributed by atoms with Gasteiger partial charge >= 0.3 is 0 Å². The number of ether oxygens (including phenoxy) is 2. The predicted molar refractivity (Wildman–Crippen MR) is 79.4 cm³/mol. The second kappa shape index (κ2) is 6.72. The largest absolute Gasteiger partial charge is 0.453 e. The van der Waals surface area contributed by atoms with E-state index in [-0.39, 0.29) is 23.3 Å². The van der Waals surface area contributed by atoms with Crippen LogP contribution >= 0.6 is 28.3 Å². The van der Waals surface area contributed by atoms with Crippen molar-refractivity contribution in [3.05, 3.63) is 30.3 Å². The number of nitrogens with two attached hydrogens (primary N) is 1. The van der Waals surface area contributed by atoms with Crippen LogP contribution in [-0.2, 0) is 4.74 Å². The standard InChI is InChI=1S/C12H14N2O2S.BrH/c1-8(15-2)16-11-10(14-12(13)17-11)9-6-4-3-5-7-9;/h3-8H,1-2H3,(H2,13,14);1H. The van der Waals surface area contributed by atoms with Crippen LogP contribution < -0.4 is 10.5 Å². The minimum absolute atomic E-state index is 0. The van der Waals surface area contributed by atoms with Gasteiger partial charge in [0, 0.05) is 12.7 Å². The summed E-state index contributed by atoms with van der Waals surface area (Å²) in [6.45, 7) is 1.82. The van der Waals surface area contributed by atoms with Gasteiger partial charge in [-0.2, -0.15) is 0 Å². The predicted octanol–water partition coefficient (Wildman–Crippen LogP) is 3.34. The smallest absolute Gasteiger partial charge is 0.207 e. The van der Waals surface area contributed by atoms with Crippen LogP contribution in [0.1, 0.15) is 6.92 Å². The van der Waals surface area contributed by atoms with Crippen molar-refractivity contribution in [1.29, 1.82) is 0 Å². The van der Waals surface area contributed by atoms with Crippen molar-refractivity contribution in [1.82, 2.24) is 4.98 Å². The number of anilines is 1.